The Hall–Kier alpha value is -6.48. The molecule has 2 aliphatic rings. The van der Waals surface area contributed by atoms with Gasteiger partial charge in [0.1, 0.15) is 0 Å². The predicted octanol–water partition coefficient (Wildman–Crippen LogP) is 15.0. The molecule has 256 valence electrons. The lowest BCUT2D eigenvalue weighted by molar-refractivity contribution is 0.793. The van der Waals surface area contributed by atoms with Gasteiger partial charge in [0.05, 0.1) is 5.69 Å². The van der Waals surface area contributed by atoms with Crippen LogP contribution in [0, 0.1) is 5.92 Å². The van der Waals surface area contributed by atoms with Crippen molar-refractivity contribution in [2.45, 2.75) is 6.42 Å². The molecular weight excluding hydrogens is 671 g/mol. The van der Waals surface area contributed by atoms with Crippen LogP contribution in [0.25, 0.3) is 59.1 Å². The minimum absolute atomic E-state index is 0.458. The fraction of sp³-hybridized carbons (Fsp3) is 0.0385. The summed E-state index contributed by atoms with van der Waals surface area (Å²) in [7, 11) is 0. The van der Waals surface area contributed by atoms with Crippen molar-refractivity contribution in [1.82, 2.24) is 0 Å². The van der Waals surface area contributed by atoms with Crippen molar-refractivity contribution in [2.24, 2.45) is 5.92 Å². The lowest BCUT2D eigenvalue weighted by atomic mass is 9.82. The second-order valence-corrected chi connectivity index (χ2v) is 15.2. The van der Waals surface area contributed by atoms with Crippen molar-refractivity contribution in [3.63, 3.8) is 0 Å². The van der Waals surface area contributed by atoms with Crippen molar-refractivity contribution >= 4 is 54.1 Å². The van der Waals surface area contributed by atoms with Gasteiger partial charge in [-0.25, -0.2) is 0 Å². The van der Waals surface area contributed by atoms with Gasteiger partial charge in [0, 0.05) is 43.0 Å². The molecule has 0 spiro atoms. The number of fused-ring (bicyclic) bond motifs is 4. The molecule has 1 atom stereocenters. The van der Waals surface area contributed by atoms with E-state index in [0.717, 1.165) is 23.5 Å². The Labute approximate surface area is 320 Å². The number of nitrogens with zero attached hydrogens (tertiary/aromatic N) is 1. The molecule has 54 heavy (non-hydrogen) atoms. The molecule has 0 saturated heterocycles. The highest BCUT2D eigenvalue weighted by Gasteiger charge is 2.20. The molecule has 0 bridgehead atoms. The average Bonchev–Trinajstić information content (AvgIpc) is 3.63. The van der Waals surface area contributed by atoms with Crippen LogP contribution >= 0.6 is 11.3 Å². The summed E-state index contributed by atoms with van der Waals surface area (Å²) >= 11 is 1.86. The highest BCUT2D eigenvalue weighted by molar-refractivity contribution is 7.25. The van der Waals surface area contributed by atoms with Crippen molar-refractivity contribution in [1.29, 1.82) is 0 Å². The highest BCUT2D eigenvalue weighted by Crippen LogP contribution is 2.44. The van der Waals surface area contributed by atoms with Crippen molar-refractivity contribution in [3.05, 3.63) is 217 Å². The number of anilines is 3. The molecule has 2 heteroatoms. The summed E-state index contributed by atoms with van der Waals surface area (Å²) in [4.78, 5) is 2.43. The molecule has 2 aliphatic carbocycles. The lowest BCUT2D eigenvalue weighted by Gasteiger charge is -2.28. The van der Waals surface area contributed by atoms with Crippen LogP contribution in [0.15, 0.2) is 212 Å². The summed E-state index contributed by atoms with van der Waals surface area (Å²) in [5.41, 5.74) is 14.7. The van der Waals surface area contributed by atoms with Crippen LogP contribution in [0.2, 0.25) is 0 Å². The van der Waals surface area contributed by atoms with Gasteiger partial charge in [-0.15, -0.1) is 11.3 Å². The Kier molecular flexibility index (Phi) is 8.24. The van der Waals surface area contributed by atoms with E-state index in [9.17, 15) is 0 Å². The third kappa shape index (κ3) is 6.01. The predicted molar refractivity (Wildman–Crippen MR) is 233 cm³/mol. The first-order valence-corrected chi connectivity index (χ1v) is 19.5. The van der Waals surface area contributed by atoms with E-state index in [1.807, 2.05) is 11.3 Å². The minimum atomic E-state index is 0.458. The van der Waals surface area contributed by atoms with Crippen molar-refractivity contribution < 1.29 is 0 Å². The summed E-state index contributed by atoms with van der Waals surface area (Å²) in [6, 6.07) is 62.2. The second-order valence-electron chi connectivity index (χ2n) is 14.1. The first-order valence-electron chi connectivity index (χ1n) is 18.7. The maximum absolute atomic E-state index is 2.43. The number of benzene rings is 7. The number of rotatable bonds is 7. The number of thiophene rings is 1. The molecular formula is C52H37NS. The Morgan fingerprint density at radius 3 is 2.02 bits per heavy atom. The van der Waals surface area contributed by atoms with Gasteiger partial charge >= 0.3 is 0 Å². The van der Waals surface area contributed by atoms with E-state index in [0.29, 0.717) is 5.92 Å². The molecule has 1 heterocycles. The van der Waals surface area contributed by atoms with Crippen LogP contribution in [0.4, 0.5) is 17.1 Å². The van der Waals surface area contributed by atoms with E-state index < -0.39 is 0 Å². The maximum Gasteiger partial charge on any atom is 0.0540 e. The van der Waals surface area contributed by atoms with Crippen molar-refractivity contribution in [2.75, 3.05) is 4.90 Å². The summed E-state index contributed by atoms with van der Waals surface area (Å²) in [5.74, 6) is 0.458. The number of hydrogen-bond acceptors (Lipinski definition) is 2. The molecule has 0 fully saturated rings. The van der Waals surface area contributed by atoms with Crippen LogP contribution in [0.3, 0.4) is 0 Å². The topological polar surface area (TPSA) is 3.24 Å². The molecule has 0 radical (unpaired) electrons. The third-order valence-corrected chi connectivity index (χ3v) is 12.0. The third-order valence-electron chi connectivity index (χ3n) is 10.8. The lowest BCUT2D eigenvalue weighted by Crippen LogP contribution is -2.11. The van der Waals surface area contributed by atoms with Gasteiger partial charge in [-0.2, -0.15) is 0 Å². The quantitative estimate of drug-likeness (QED) is 0.159. The van der Waals surface area contributed by atoms with E-state index in [2.05, 4.69) is 211 Å². The highest BCUT2D eigenvalue weighted by atomic mass is 32.1. The van der Waals surface area contributed by atoms with Crippen LogP contribution in [-0.4, -0.2) is 0 Å². The zero-order chi connectivity index (χ0) is 35.8. The first-order chi connectivity index (χ1) is 26.7. The Morgan fingerprint density at radius 2 is 1.13 bits per heavy atom. The monoisotopic (exact) mass is 707 g/mol. The zero-order valence-corrected chi connectivity index (χ0v) is 30.6. The molecule has 0 N–H and O–H groups in total. The second kappa shape index (κ2) is 13.8. The molecule has 1 unspecified atom stereocenters. The SMILES string of the molecule is C1=CC2=CC=C(c3cccc(-c4ccc(N(c5ccc6sc7ccccc7c6c5)c5ccccc5-c5ccc(-c6ccccc6)cc5)cc4)c3)CC2C=C1. The molecule has 0 amide bonds. The van der Waals surface area contributed by atoms with E-state index in [-0.39, 0.29) is 0 Å². The minimum Gasteiger partial charge on any atom is -0.310 e. The summed E-state index contributed by atoms with van der Waals surface area (Å²) in [5, 5.41) is 2.59. The molecule has 0 aliphatic heterocycles. The van der Waals surface area contributed by atoms with Gasteiger partial charge in [-0.05, 0) is 99.5 Å². The van der Waals surface area contributed by atoms with Gasteiger partial charge in [-0.1, -0.05) is 158 Å². The summed E-state index contributed by atoms with van der Waals surface area (Å²) in [6.07, 6.45) is 14.5. The summed E-state index contributed by atoms with van der Waals surface area (Å²) < 4.78 is 2.62. The standard InChI is InChI=1S/C52H37NS/c1-2-11-36(12-3-1)38-21-24-40(25-22-38)47-17-6-8-19-50(47)53(46-31-32-52-49(35-46)48-18-7-9-20-51(48)54-52)45-29-27-39(28-30-45)42-15-10-16-43(33-42)44-26-23-37-13-4-5-14-41(37)34-44/h1-33,35,41H,34H2. The van der Waals surface area contributed by atoms with E-state index in [1.165, 1.54) is 70.3 Å². The van der Waals surface area contributed by atoms with Gasteiger partial charge in [-0.3, -0.25) is 0 Å². The molecule has 10 rings (SSSR count). The number of allylic oxidation sites excluding steroid dienone is 8. The van der Waals surface area contributed by atoms with Gasteiger partial charge in [0.25, 0.3) is 0 Å². The molecule has 7 aromatic carbocycles. The number of hydrogen-bond donors (Lipinski definition) is 0. The van der Waals surface area contributed by atoms with Crippen LogP contribution in [0.1, 0.15) is 12.0 Å². The zero-order valence-electron chi connectivity index (χ0n) is 29.8. The smallest absolute Gasteiger partial charge is 0.0540 e. The first kappa shape index (κ1) is 32.2. The van der Waals surface area contributed by atoms with E-state index >= 15 is 0 Å². The molecule has 0 saturated carbocycles. The van der Waals surface area contributed by atoms with E-state index in [1.54, 1.807) is 0 Å². The average molecular weight is 708 g/mol. The number of para-hydroxylation sites is 1. The molecule has 1 aromatic heterocycles. The largest absolute Gasteiger partial charge is 0.310 e. The van der Waals surface area contributed by atoms with Crippen molar-refractivity contribution in [3.8, 4) is 33.4 Å². The normalized spacial score (nSPS) is 14.9. The van der Waals surface area contributed by atoms with Gasteiger partial charge in [0.15, 0.2) is 0 Å². The fourth-order valence-corrected chi connectivity index (χ4v) is 9.13. The van der Waals surface area contributed by atoms with Crippen LogP contribution < -0.4 is 4.90 Å². The maximum atomic E-state index is 2.43. The molecule has 1 nitrogen and oxygen atoms in total. The Balaban J connectivity index is 1.05. The van der Waals surface area contributed by atoms with Gasteiger partial charge in [0.2, 0.25) is 0 Å². The summed E-state index contributed by atoms with van der Waals surface area (Å²) in [6.45, 7) is 0. The Morgan fingerprint density at radius 1 is 0.463 bits per heavy atom. The Bertz CT molecular complexity index is 2780. The van der Waals surface area contributed by atoms with E-state index in [4.69, 9.17) is 0 Å². The molecule has 8 aromatic rings. The fourth-order valence-electron chi connectivity index (χ4n) is 8.05. The van der Waals surface area contributed by atoms with Gasteiger partial charge < -0.3 is 4.90 Å². The van der Waals surface area contributed by atoms with Crippen LogP contribution in [-0.2, 0) is 0 Å². The van der Waals surface area contributed by atoms with Crippen LogP contribution in [0.5, 0.6) is 0 Å².